The first-order chi connectivity index (χ1) is 28.9. The van der Waals surface area contributed by atoms with Gasteiger partial charge in [0.2, 0.25) is 29.5 Å². The van der Waals surface area contributed by atoms with Gasteiger partial charge < -0.3 is 19.1 Å². The Kier molecular flexibility index (Phi) is 10.3. The van der Waals surface area contributed by atoms with E-state index in [1.54, 1.807) is 27.9 Å². The van der Waals surface area contributed by atoms with Crippen LogP contribution < -0.4 is 20.3 Å². The summed E-state index contributed by atoms with van der Waals surface area (Å²) in [6.07, 6.45) is 5.06. The summed E-state index contributed by atoms with van der Waals surface area (Å²) in [5.41, 5.74) is 5.34. The van der Waals surface area contributed by atoms with Gasteiger partial charge in [0, 0.05) is 68.7 Å². The Bertz CT molecular complexity index is 2510. The minimum Gasteiger partial charge on any atom is -0.477 e. The molecule has 9 rings (SSSR count). The molecule has 14 nitrogen and oxygen atoms in total. The lowest BCUT2D eigenvalue weighted by molar-refractivity contribution is -0.137. The van der Waals surface area contributed by atoms with Gasteiger partial charge in [-0.2, -0.15) is 5.10 Å². The van der Waals surface area contributed by atoms with Crippen molar-refractivity contribution in [3.63, 3.8) is 0 Å². The largest absolute Gasteiger partial charge is 0.477 e. The SMILES string of the molecule is Cc1cc2cc(n1)-c1cnn(C)c1OCCC[C@@H](C)Cn1c(nc3ccc(C4CCN(C(=O)C5CN(c6cc(F)c([C@H]7CCC(=O)NC7=O)c(F)c6)C5)CC4)cc31)NC2=O. The van der Waals surface area contributed by atoms with Crippen molar-refractivity contribution in [3.8, 4) is 17.1 Å². The molecule has 0 radical (unpaired) electrons. The van der Waals surface area contributed by atoms with Crippen molar-refractivity contribution >= 4 is 46.3 Å². The highest BCUT2D eigenvalue weighted by Crippen LogP contribution is 2.37. The molecule has 0 unspecified atom stereocenters. The normalized spacial score (nSPS) is 20.6. The number of fused-ring (bicyclic) bond motifs is 7. The molecule has 0 spiro atoms. The van der Waals surface area contributed by atoms with Crippen LogP contribution >= 0.6 is 0 Å². The fraction of sp³-hybridized carbons (Fsp3) is 0.432. The van der Waals surface area contributed by atoms with Crippen LogP contribution in [0.2, 0.25) is 0 Å². The number of hydrogen-bond donors (Lipinski definition) is 2. The number of carbonyl (C=O) groups excluding carboxylic acids is 4. The molecule has 4 amide bonds. The van der Waals surface area contributed by atoms with Crippen molar-refractivity contribution in [2.75, 3.05) is 43.0 Å². The number of carbonyl (C=O) groups is 4. The molecule has 3 fully saturated rings. The van der Waals surface area contributed by atoms with Crippen molar-refractivity contribution in [2.45, 2.75) is 70.8 Å². The van der Waals surface area contributed by atoms with Crippen molar-refractivity contribution in [1.29, 1.82) is 0 Å². The van der Waals surface area contributed by atoms with E-state index >= 15 is 8.78 Å². The molecule has 7 heterocycles. The topological polar surface area (TPSA) is 157 Å². The second kappa shape index (κ2) is 15.8. The molecule has 0 saturated carbocycles. The molecule has 0 aliphatic carbocycles. The zero-order valence-electron chi connectivity index (χ0n) is 33.8. The second-order valence-corrected chi connectivity index (χ2v) is 16.7. The molecular formula is C44H47F2N9O5. The summed E-state index contributed by atoms with van der Waals surface area (Å²) >= 11 is 0. The Morgan fingerprint density at radius 1 is 0.917 bits per heavy atom. The Balaban J connectivity index is 0.871. The van der Waals surface area contributed by atoms with Gasteiger partial charge in [-0.15, -0.1) is 0 Å². The summed E-state index contributed by atoms with van der Waals surface area (Å²) < 4.78 is 40.4. The number of aryl methyl sites for hydroxylation is 2. The van der Waals surface area contributed by atoms with Crippen molar-refractivity contribution in [1.82, 2.24) is 34.5 Å². The van der Waals surface area contributed by atoms with Gasteiger partial charge in [-0.05, 0) is 92.8 Å². The standard InChI is InChI=1S/C44H47F2N9O5/c1-24-5-4-14-60-43-32(20-47-52(43)3)36-16-28(15-25(2)48-36)40(57)51-44-49-35-8-6-27(17-37(35)55(44)21-24)26-10-12-53(13-11-26)42(59)29-22-54(23-29)30-18-33(45)39(34(46)19-30)31-7-9-38(56)50-41(31)58/h6,8,15-20,24,26,29,31H,4-5,7,9-14,21-23H2,1-3H3,(H,49,51,57)(H,50,56,58)/t24-,31-/m1/s1. The molecule has 4 aliphatic rings. The van der Waals surface area contributed by atoms with E-state index < -0.39 is 29.4 Å². The van der Waals surface area contributed by atoms with Gasteiger partial charge in [0.05, 0.1) is 46.9 Å². The van der Waals surface area contributed by atoms with Crippen LogP contribution in [0.5, 0.6) is 5.88 Å². The van der Waals surface area contributed by atoms with Gasteiger partial charge in [0.15, 0.2) is 0 Å². The van der Waals surface area contributed by atoms with Crippen LogP contribution in [0.4, 0.5) is 20.4 Å². The average molecular weight is 820 g/mol. The molecule has 3 aromatic heterocycles. The highest BCUT2D eigenvalue weighted by atomic mass is 19.1. The molecule has 16 heteroatoms. The zero-order valence-corrected chi connectivity index (χ0v) is 33.8. The number of halogens is 2. The Morgan fingerprint density at radius 2 is 1.68 bits per heavy atom. The third-order valence-electron chi connectivity index (χ3n) is 12.5. The molecule has 2 N–H and O–H groups in total. The lowest BCUT2D eigenvalue weighted by atomic mass is 9.87. The monoisotopic (exact) mass is 819 g/mol. The number of piperidine rings is 2. The summed E-state index contributed by atoms with van der Waals surface area (Å²) in [5.74, 6) is -2.87. The van der Waals surface area contributed by atoms with Crippen molar-refractivity contribution < 1.29 is 32.7 Å². The van der Waals surface area contributed by atoms with Crippen LogP contribution in [0.15, 0.2) is 48.7 Å². The van der Waals surface area contributed by atoms with Crippen LogP contribution in [-0.2, 0) is 28.0 Å². The highest BCUT2D eigenvalue weighted by Gasteiger charge is 2.39. The number of imide groups is 1. The third-order valence-corrected chi connectivity index (χ3v) is 12.5. The smallest absolute Gasteiger partial charge is 0.258 e. The van der Waals surface area contributed by atoms with Crippen LogP contribution in [-0.4, -0.2) is 85.6 Å². The molecule has 2 aromatic carbocycles. The van der Waals surface area contributed by atoms with E-state index in [9.17, 15) is 19.2 Å². The number of rotatable bonds is 4. The maximum Gasteiger partial charge on any atom is 0.258 e. The van der Waals surface area contributed by atoms with Gasteiger partial charge in [-0.3, -0.25) is 34.8 Å². The number of likely N-dealkylation sites (tertiary alicyclic amines) is 1. The Morgan fingerprint density at radius 3 is 2.43 bits per heavy atom. The quantitative estimate of drug-likeness (QED) is 0.213. The van der Waals surface area contributed by atoms with E-state index in [0.29, 0.717) is 73.8 Å². The summed E-state index contributed by atoms with van der Waals surface area (Å²) in [6, 6.07) is 12.2. The van der Waals surface area contributed by atoms with Gasteiger partial charge in [-0.25, -0.2) is 18.4 Å². The first-order valence-electron chi connectivity index (χ1n) is 20.7. The fourth-order valence-electron chi connectivity index (χ4n) is 9.15. The summed E-state index contributed by atoms with van der Waals surface area (Å²) in [7, 11) is 1.83. The lowest BCUT2D eigenvalue weighted by Crippen LogP contribution is -2.55. The van der Waals surface area contributed by atoms with Crippen molar-refractivity contribution in [2.24, 2.45) is 18.9 Å². The minimum absolute atomic E-state index is 0.0207. The van der Waals surface area contributed by atoms with E-state index in [2.05, 4.69) is 39.4 Å². The maximum absolute atomic E-state index is 15.2. The number of imidazole rings is 1. The summed E-state index contributed by atoms with van der Waals surface area (Å²) in [4.78, 5) is 64.5. The van der Waals surface area contributed by atoms with Gasteiger partial charge in [0.25, 0.3) is 5.91 Å². The number of ether oxygens (including phenoxy) is 1. The number of nitrogens with one attached hydrogen (secondary N) is 2. The number of amides is 4. The molecule has 2 atom stereocenters. The molecule has 60 heavy (non-hydrogen) atoms. The third kappa shape index (κ3) is 7.47. The number of benzene rings is 2. The number of anilines is 2. The van der Waals surface area contributed by atoms with E-state index in [1.165, 1.54) is 12.1 Å². The first-order valence-corrected chi connectivity index (χ1v) is 20.7. The van der Waals surface area contributed by atoms with Crippen molar-refractivity contribution in [3.05, 3.63) is 82.7 Å². The molecule has 2 bridgehead atoms. The van der Waals surface area contributed by atoms with Crippen LogP contribution in [0.25, 0.3) is 22.3 Å². The van der Waals surface area contributed by atoms with Crippen LogP contribution in [0.3, 0.4) is 0 Å². The maximum atomic E-state index is 15.2. The van der Waals surface area contributed by atoms with E-state index in [4.69, 9.17) is 14.7 Å². The minimum atomic E-state index is -1.06. The average Bonchev–Trinajstić information content (AvgIpc) is 3.74. The number of aromatic nitrogens is 5. The first kappa shape index (κ1) is 39.3. The van der Waals surface area contributed by atoms with E-state index in [0.717, 1.165) is 47.8 Å². The van der Waals surface area contributed by atoms with Crippen LogP contribution in [0, 0.1) is 30.4 Å². The molecule has 312 valence electrons. The Hall–Kier alpha value is -6.19. The second-order valence-electron chi connectivity index (χ2n) is 16.7. The number of hydrogen-bond acceptors (Lipinski definition) is 9. The van der Waals surface area contributed by atoms with Gasteiger partial charge >= 0.3 is 0 Å². The predicted molar refractivity (Wildman–Crippen MR) is 218 cm³/mol. The van der Waals surface area contributed by atoms with Gasteiger partial charge in [0.1, 0.15) is 11.6 Å². The predicted octanol–water partition coefficient (Wildman–Crippen LogP) is 5.84. The lowest BCUT2D eigenvalue weighted by Gasteiger charge is -2.43. The Labute approximate surface area is 345 Å². The van der Waals surface area contributed by atoms with E-state index in [1.807, 2.05) is 24.9 Å². The molecular weight excluding hydrogens is 773 g/mol. The molecule has 4 aliphatic heterocycles. The fourth-order valence-corrected chi connectivity index (χ4v) is 9.15. The van der Waals surface area contributed by atoms with Gasteiger partial charge in [-0.1, -0.05) is 13.0 Å². The highest BCUT2D eigenvalue weighted by molar-refractivity contribution is 6.05. The summed E-state index contributed by atoms with van der Waals surface area (Å²) in [6.45, 7) is 7.06. The molecule has 3 saturated heterocycles. The number of nitrogens with zero attached hydrogens (tertiary/aromatic N) is 7. The number of pyridine rings is 1. The van der Waals surface area contributed by atoms with E-state index in [-0.39, 0.29) is 48.0 Å². The molecule has 5 aromatic rings. The zero-order chi connectivity index (χ0) is 41.8. The summed E-state index contributed by atoms with van der Waals surface area (Å²) in [5, 5.41) is 9.66. The van der Waals surface area contributed by atoms with Crippen LogP contribution in [0.1, 0.15) is 84.5 Å².